The van der Waals surface area contributed by atoms with Crippen molar-refractivity contribution in [3.05, 3.63) is 65.2 Å². The fraction of sp³-hybridized carbons (Fsp3) is 0.391. The van der Waals surface area contributed by atoms with Crippen molar-refractivity contribution in [1.82, 2.24) is 10.2 Å². The molecule has 1 unspecified atom stereocenters. The van der Waals surface area contributed by atoms with Gasteiger partial charge in [-0.15, -0.1) is 0 Å². The van der Waals surface area contributed by atoms with Crippen LogP contribution in [0.4, 0.5) is 5.69 Å². The number of carbonyl (C=O) groups is 2. The second kappa shape index (κ2) is 9.79. The summed E-state index contributed by atoms with van der Waals surface area (Å²) >= 11 is 6.03. The molecule has 29 heavy (non-hydrogen) atoms. The van der Waals surface area contributed by atoms with Crippen molar-refractivity contribution in [3.8, 4) is 0 Å². The minimum Gasteiger partial charge on any atom is -0.355 e. The SMILES string of the molecule is CC(=O)N1CCC(NC(=O)CN(c2ccccc2)C(C)c2ccc(Cl)cc2)CC1. The molecule has 1 saturated heterocycles. The topological polar surface area (TPSA) is 52.7 Å². The van der Waals surface area contributed by atoms with Gasteiger partial charge < -0.3 is 15.1 Å². The lowest BCUT2D eigenvalue weighted by molar-refractivity contribution is -0.130. The number of amides is 2. The van der Waals surface area contributed by atoms with Crippen molar-refractivity contribution >= 4 is 29.1 Å². The van der Waals surface area contributed by atoms with Crippen LogP contribution in [0.25, 0.3) is 0 Å². The summed E-state index contributed by atoms with van der Waals surface area (Å²) in [6, 6.07) is 17.8. The third-order valence-electron chi connectivity index (χ3n) is 5.53. The Morgan fingerprint density at radius 3 is 2.31 bits per heavy atom. The van der Waals surface area contributed by atoms with Gasteiger partial charge >= 0.3 is 0 Å². The minimum absolute atomic E-state index is 0.00376. The number of anilines is 1. The van der Waals surface area contributed by atoms with Gasteiger partial charge in [0.1, 0.15) is 0 Å². The summed E-state index contributed by atoms with van der Waals surface area (Å²) in [5, 5.41) is 3.85. The summed E-state index contributed by atoms with van der Waals surface area (Å²) in [5.74, 6) is 0.0951. The van der Waals surface area contributed by atoms with E-state index in [4.69, 9.17) is 11.6 Å². The smallest absolute Gasteiger partial charge is 0.239 e. The van der Waals surface area contributed by atoms with Crippen LogP contribution >= 0.6 is 11.6 Å². The number of rotatable bonds is 6. The summed E-state index contributed by atoms with van der Waals surface area (Å²) in [5.41, 5.74) is 2.09. The second-order valence-electron chi connectivity index (χ2n) is 7.54. The van der Waals surface area contributed by atoms with Gasteiger partial charge in [0.15, 0.2) is 0 Å². The first-order valence-electron chi connectivity index (χ1n) is 10.1. The highest BCUT2D eigenvalue weighted by atomic mass is 35.5. The number of piperidine rings is 1. The predicted octanol–water partition coefficient (Wildman–Crippen LogP) is 4.03. The number of nitrogens with one attached hydrogen (secondary N) is 1. The molecule has 1 aliphatic heterocycles. The third-order valence-corrected chi connectivity index (χ3v) is 5.78. The van der Waals surface area contributed by atoms with E-state index < -0.39 is 0 Å². The van der Waals surface area contributed by atoms with Gasteiger partial charge in [-0.05, 0) is 49.6 Å². The van der Waals surface area contributed by atoms with E-state index in [0.717, 1.165) is 24.1 Å². The average molecular weight is 414 g/mol. The number of halogens is 1. The van der Waals surface area contributed by atoms with Crippen LogP contribution in [0.3, 0.4) is 0 Å². The van der Waals surface area contributed by atoms with Crippen LogP contribution in [0, 0.1) is 0 Å². The Kier molecular flexibility index (Phi) is 7.15. The maximum atomic E-state index is 12.8. The van der Waals surface area contributed by atoms with Gasteiger partial charge in [-0.3, -0.25) is 9.59 Å². The lowest BCUT2D eigenvalue weighted by Crippen LogP contribution is -2.48. The largest absolute Gasteiger partial charge is 0.355 e. The Balaban J connectivity index is 1.68. The molecule has 0 spiro atoms. The van der Waals surface area contributed by atoms with Crippen molar-refractivity contribution < 1.29 is 9.59 Å². The van der Waals surface area contributed by atoms with Crippen molar-refractivity contribution in [3.63, 3.8) is 0 Å². The molecule has 5 nitrogen and oxygen atoms in total. The molecule has 0 bridgehead atoms. The summed E-state index contributed by atoms with van der Waals surface area (Å²) in [7, 11) is 0. The van der Waals surface area contributed by atoms with E-state index >= 15 is 0 Å². The van der Waals surface area contributed by atoms with Gasteiger partial charge in [-0.1, -0.05) is 41.9 Å². The van der Waals surface area contributed by atoms with Crippen LogP contribution in [0.5, 0.6) is 0 Å². The average Bonchev–Trinajstić information content (AvgIpc) is 2.73. The maximum Gasteiger partial charge on any atom is 0.239 e. The summed E-state index contributed by atoms with van der Waals surface area (Å²) in [6.07, 6.45) is 1.59. The van der Waals surface area contributed by atoms with E-state index in [2.05, 4.69) is 17.1 Å². The zero-order valence-electron chi connectivity index (χ0n) is 17.0. The van der Waals surface area contributed by atoms with Gasteiger partial charge in [0.2, 0.25) is 11.8 Å². The van der Waals surface area contributed by atoms with Crippen molar-refractivity contribution in [2.24, 2.45) is 0 Å². The molecule has 6 heteroatoms. The van der Waals surface area contributed by atoms with Gasteiger partial charge in [0, 0.05) is 36.8 Å². The molecule has 0 aromatic heterocycles. The zero-order valence-corrected chi connectivity index (χ0v) is 17.7. The third kappa shape index (κ3) is 5.73. The summed E-state index contributed by atoms with van der Waals surface area (Å²) in [4.78, 5) is 28.3. The van der Waals surface area contributed by atoms with Crippen LogP contribution in [0.15, 0.2) is 54.6 Å². The van der Waals surface area contributed by atoms with E-state index in [1.807, 2.05) is 59.5 Å². The fourth-order valence-electron chi connectivity index (χ4n) is 3.76. The molecule has 1 N–H and O–H groups in total. The molecule has 2 aromatic carbocycles. The molecule has 0 radical (unpaired) electrons. The highest BCUT2D eigenvalue weighted by molar-refractivity contribution is 6.30. The minimum atomic E-state index is -0.00376. The summed E-state index contributed by atoms with van der Waals surface area (Å²) in [6.45, 7) is 5.35. The van der Waals surface area contributed by atoms with Crippen LogP contribution in [0.1, 0.15) is 38.3 Å². The Bertz CT molecular complexity index is 818. The zero-order chi connectivity index (χ0) is 20.8. The second-order valence-corrected chi connectivity index (χ2v) is 7.98. The summed E-state index contributed by atoms with van der Waals surface area (Å²) < 4.78 is 0. The van der Waals surface area contributed by atoms with E-state index in [-0.39, 0.29) is 30.4 Å². The molecule has 2 aromatic rings. The Labute approximate surface area is 177 Å². The monoisotopic (exact) mass is 413 g/mol. The highest BCUT2D eigenvalue weighted by Crippen LogP contribution is 2.27. The molecule has 0 aliphatic carbocycles. The first-order chi connectivity index (χ1) is 13.9. The molecule has 1 atom stereocenters. The molecular weight excluding hydrogens is 386 g/mol. The fourth-order valence-corrected chi connectivity index (χ4v) is 3.89. The van der Waals surface area contributed by atoms with Gasteiger partial charge in [-0.2, -0.15) is 0 Å². The number of para-hydroxylation sites is 1. The number of carbonyl (C=O) groups excluding carboxylic acids is 2. The van der Waals surface area contributed by atoms with Crippen molar-refractivity contribution in [2.75, 3.05) is 24.5 Å². The van der Waals surface area contributed by atoms with E-state index in [1.54, 1.807) is 6.92 Å². The first kappa shape index (κ1) is 21.2. The quantitative estimate of drug-likeness (QED) is 0.777. The molecular formula is C23H28ClN3O2. The molecule has 1 fully saturated rings. The van der Waals surface area contributed by atoms with E-state index in [0.29, 0.717) is 18.1 Å². The molecule has 0 saturated carbocycles. The number of benzene rings is 2. The molecule has 2 amide bonds. The lowest BCUT2D eigenvalue weighted by Gasteiger charge is -2.34. The molecule has 3 rings (SSSR count). The number of likely N-dealkylation sites (tertiary alicyclic amines) is 1. The van der Waals surface area contributed by atoms with Crippen LogP contribution < -0.4 is 10.2 Å². The highest BCUT2D eigenvalue weighted by Gasteiger charge is 2.24. The van der Waals surface area contributed by atoms with Crippen molar-refractivity contribution in [1.29, 1.82) is 0 Å². The standard InChI is InChI=1S/C23H28ClN3O2/c1-17(19-8-10-20(24)11-9-19)27(22-6-4-3-5-7-22)16-23(29)25-21-12-14-26(15-13-21)18(2)28/h3-11,17,21H,12-16H2,1-2H3,(H,25,29). The number of hydrogen-bond acceptors (Lipinski definition) is 3. The number of nitrogens with zero attached hydrogens (tertiary/aromatic N) is 2. The van der Waals surface area contributed by atoms with E-state index in [9.17, 15) is 9.59 Å². The van der Waals surface area contributed by atoms with Crippen LogP contribution in [-0.4, -0.2) is 42.4 Å². The lowest BCUT2D eigenvalue weighted by atomic mass is 10.0. The van der Waals surface area contributed by atoms with E-state index in [1.165, 1.54) is 0 Å². The Hall–Kier alpha value is -2.53. The molecule has 154 valence electrons. The maximum absolute atomic E-state index is 12.8. The van der Waals surface area contributed by atoms with Gasteiger partial charge in [0.25, 0.3) is 0 Å². The molecule has 1 heterocycles. The number of hydrogen-bond donors (Lipinski definition) is 1. The van der Waals surface area contributed by atoms with Crippen molar-refractivity contribution in [2.45, 2.75) is 38.8 Å². The van der Waals surface area contributed by atoms with Gasteiger partial charge in [0.05, 0.1) is 12.6 Å². The normalized spacial score (nSPS) is 15.6. The van der Waals surface area contributed by atoms with Crippen LogP contribution in [-0.2, 0) is 9.59 Å². The predicted molar refractivity (Wildman–Crippen MR) is 117 cm³/mol. The molecule has 1 aliphatic rings. The van der Waals surface area contributed by atoms with Gasteiger partial charge in [-0.25, -0.2) is 0 Å². The Morgan fingerprint density at radius 1 is 1.10 bits per heavy atom. The van der Waals surface area contributed by atoms with Crippen LogP contribution in [0.2, 0.25) is 5.02 Å². The first-order valence-corrected chi connectivity index (χ1v) is 10.4. The Morgan fingerprint density at radius 2 is 1.72 bits per heavy atom.